The minimum Gasteiger partial charge on any atom is -0.356 e. The summed E-state index contributed by atoms with van der Waals surface area (Å²) in [5, 5.41) is 5.03. The first-order chi connectivity index (χ1) is 14.6. The smallest absolute Gasteiger partial charge is 0.356 e. The summed E-state index contributed by atoms with van der Waals surface area (Å²) in [4.78, 5) is 29.9. The zero-order chi connectivity index (χ0) is 22.8. The van der Waals surface area contributed by atoms with Crippen LogP contribution in [0.5, 0.6) is 0 Å². The molecule has 0 aliphatic heterocycles. The van der Waals surface area contributed by atoms with Gasteiger partial charge in [-0.15, -0.1) is 0 Å². The van der Waals surface area contributed by atoms with Crippen LogP contribution in [0.3, 0.4) is 0 Å². The SMILES string of the molecule is CCNC(=O)C(c1ccc2nc(N(C)C(=O)Nc3ccc(F)cc3)sc2c1)C(F)(F)F. The van der Waals surface area contributed by atoms with E-state index < -0.39 is 29.8 Å². The van der Waals surface area contributed by atoms with Crippen molar-refractivity contribution in [2.24, 2.45) is 0 Å². The maximum absolute atomic E-state index is 13.5. The summed E-state index contributed by atoms with van der Waals surface area (Å²) in [7, 11) is 1.45. The third-order valence-electron chi connectivity index (χ3n) is 4.36. The Bertz CT molecular complexity index is 1100. The fraction of sp³-hybridized carbons (Fsp3) is 0.250. The molecule has 0 saturated carbocycles. The van der Waals surface area contributed by atoms with Crippen LogP contribution >= 0.6 is 11.3 Å². The van der Waals surface area contributed by atoms with Gasteiger partial charge in [-0.2, -0.15) is 13.2 Å². The predicted molar refractivity (Wildman–Crippen MR) is 111 cm³/mol. The Morgan fingerprint density at radius 2 is 1.84 bits per heavy atom. The second-order valence-electron chi connectivity index (χ2n) is 6.59. The van der Waals surface area contributed by atoms with Crippen LogP contribution in [0.4, 0.5) is 33.2 Å². The number of thiazole rings is 1. The molecule has 11 heteroatoms. The van der Waals surface area contributed by atoms with E-state index in [1.54, 1.807) is 0 Å². The lowest BCUT2D eigenvalue weighted by atomic mass is 9.97. The number of nitrogens with one attached hydrogen (secondary N) is 2. The van der Waals surface area contributed by atoms with Crippen molar-refractivity contribution in [1.29, 1.82) is 0 Å². The van der Waals surface area contributed by atoms with Crippen LogP contribution in [0.15, 0.2) is 42.5 Å². The molecular formula is C20H18F4N4O2S. The molecule has 31 heavy (non-hydrogen) atoms. The molecule has 0 aliphatic rings. The van der Waals surface area contributed by atoms with Crippen molar-refractivity contribution >= 4 is 44.3 Å². The highest BCUT2D eigenvalue weighted by molar-refractivity contribution is 7.22. The normalized spacial score (nSPS) is 12.5. The number of carbonyl (C=O) groups is 2. The van der Waals surface area contributed by atoms with Crippen molar-refractivity contribution in [3.05, 3.63) is 53.8 Å². The highest BCUT2D eigenvalue weighted by atomic mass is 32.1. The number of rotatable bonds is 5. The van der Waals surface area contributed by atoms with Crippen molar-refractivity contribution in [3.63, 3.8) is 0 Å². The number of benzene rings is 2. The molecule has 3 rings (SSSR count). The molecule has 3 aromatic rings. The topological polar surface area (TPSA) is 74.3 Å². The average molecular weight is 454 g/mol. The average Bonchev–Trinajstić information content (AvgIpc) is 3.11. The molecule has 1 heterocycles. The van der Waals surface area contributed by atoms with Crippen LogP contribution in [0.2, 0.25) is 0 Å². The lowest BCUT2D eigenvalue weighted by molar-refractivity contribution is -0.164. The summed E-state index contributed by atoms with van der Waals surface area (Å²) in [6, 6.07) is 8.47. The number of hydrogen-bond donors (Lipinski definition) is 2. The van der Waals surface area contributed by atoms with E-state index in [2.05, 4.69) is 15.6 Å². The molecule has 1 atom stereocenters. The minimum atomic E-state index is -4.76. The van der Waals surface area contributed by atoms with Crippen molar-refractivity contribution in [1.82, 2.24) is 10.3 Å². The van der Waals surface area contributed by atoms with E-state index in [-0.39, 0.29) is 17.2 Å². The number of hydrogen-bond acceptors (Lipinski definition) is 4. The highest BCUT2D eigenvalue weighted by Crippen LogP contribution is 2.38. The molecule has 1 aromatic heterocycles. The van der Waals surface area contributed by atoms with Gasteiger partial charge in [0.1, 0.15) is 5.82 Å². The first-order valence-corrected chi connectivity index (χ1v) is 9.97. The molecule has 2 N–H and O–H groups in total. The first-order valence-electron chi connectivity index (χ1n) is 9.15. The van der Waals surface area contributed by atoms with Gasteiger partial charge >= 0.3 is 12.2 Å². The van der Waals surface area contributed by atoms with Gasteiger partial charge in [-0.25, -0.2) is 14.2 Å². The lowest BCUT2D eigenvalue weighted by Crippen LogP contribution is -2.37. The molecule has 0 aliphatic carbocycles. The van der Waals surface area contributed by atoms with Crippen LogP contribution < -0.4 is 15.5 Å². The fourth-order valence-electron chi connectivity index (χ4n) is 2.84. The standard InChI is InChI=1S/C20H18F4N4O2S/c1-3-25-17(29)16(20(22,23)24)11-4-9-14-15(10-11)31-19(27-14)28(2)18(30)26-13-7-5-12(21)6-8-13/h4-10,16H,3H2,1-2H3,(H,25,29)(H,26,30). The second-order valence-corrected chi connectivity index (χ2v) is 7.60. The summed E-state index contributed by atoms with van der Waals surface area (Å²) >= 11 is 1.01. The number of fused-ring (bicyclic) bond motifs is 1. The van der Waals surface area contributed by atoms with Crippen molar-refractivity contribution in [3.8, 4) is 0 Å². The second kappa shape index (κ2) is 8.88. The molecule has 0 spiro atoms. The largest absolute Gasteiger partial charge is 0.404 e. The van der Waals surface area contributed by atoms with Gasteiger partial charge < -0.3 is 10.6 Å². The van der Waals surface area contributed by atoms with Crippen LogP contribution in [-0.2, 0) is 4.79 Å². The van der Waals surface area contributed by atoms with E-state index >= 15 is 0 Å². The van der Waals surface area contributed by atoms with Gasteiger partial charge in [-0.1, -0.05) is 17.4 Å². The molecule has 2 aromatic carbocycles. The number of aromatic nitrogens is 1. The molecular weight excluding hydrogens is 436 g/mol. The molecule has 6 nitrogen and oxygen atoms in total. The Labute approximate surface area is 178 Å². The molecule has 164 valence electrons. The van der Waals surface area contributed by atoms with Gasteiger partial charge in [0.25, 0.3) is 0 Å². The zero-order valence-electron chi connectivity index (χ0n) is 16.5. The van der Waals surface area contributed by atoms with Crippen molar-refractivity contribution in [2.45, 2.75) is 19.0 Å². The number of halogens is 4. The van der Waals surface area contributed by atoms with E-state index in [4.69, 9.17) is 0 Å². The number of alkyl halides is 3. The van der Waals surface area contributed by atoms with Gasteiger partial charge in [0.05, 0.1) is 10.2 Å². The summed E-state index contributed by atoms with van der Waals surface area (Å²) in [5.74, 6) is -3.88. The van der Waals surface area contributed by atoms with Crippen molar-refractivity contribution in [2.75, 3.05) is 23.8 Å². The van der Waals surface area contributed by atoms with E-state index in [0.717, 1.165) is 11.3 Å². The Morgan fingerprint density at radius 3 is 2.45 bits per heavy atom. The number of amides is 3. The molecule has 0 fully saturated rings. The van der Waals surface area contributed by atoms with Crippen LogP contribution in [0, 0.1) is 5.82 Å². The third kappa shape index (κ3) is 5.10. The number of urea groups is 1. The number of nitrogens with zero attached hydrogens (tertiary/aromatic N) is 2. The molecule has 0 saturated heterocycles. The monoisotopic (exact) mass is 454 g/mol. The Morgan fingerprint density at radius 1 is 1.16 bits per heavy atom. The number of anilines is 2. The van der Waals surface area contributed by atoms with E-state index in [1.165, 1.54) is 61.3 Å². The van der Waals surface area contributed by atoms with Crippen LogP contribution in [0.25, 0.3) is 10.2 Å². The highest BCUT2D eigenvalue weighted by Gasteiger charge is 2.45. The third-order valence-corrected chi connectivity index (χ3v) is 5.46. The lowest BCUT2D eigenvalue weighted by Gasteiger charge is -2.19. The van der Waals surface area contributed by atoms with Gasteiger partial charge in [-0.3, -0.25) is 9.69 Å². The van der Waals surface area contributed by atoms with E-state index in [1.807, 2.05) is 0 Å². The molecule has 0 radical (unpaired) electrons. The summed E-state index contributed by atoms with van der Waals surface area (Å²) in [5.41, 5.74) is 0.554. The van der Waals surface area contributed by atoms with Gasteiger partial charge in [0.2, 0.25) is 5.91 Å². The summed E-state index contributed by atoms with van der Waals surface area (Å²) in [6.07, 6.45) is -4.76. The maximum Gasteiger partial charge on any atom is 0.404 e. The first kappa shape index (κ1) is 22.5. The van der Waals surface area contributed by atoms with Gasteiger partial charge in [0, 0.05) is 19.3 Å². The van der Waals surface area contributed by atoms with Crippen LogP contribution in [-0.4, -0.2) is 36.7 Å². The Balaban J connectivity index is 1.86. The van der Waals surface area contributed by atoms with E-state index in [9.17, 15) is 27.2 Å². The Kier molecular flexibility index (Phi) is 6.44. The number of likely N-dealkylation sites (N-methyl/N-ethyl adjacent to an activating group) is 1. The summed E-state index contributed by atoms with van der Waals surface area (Å²) < 4.78 is 53.9. The predicted octanol–water partition coefficient (Wildman–Crippen LogP) is 4.89. The van der Waals surface area contributed by atoms with Gasteiger partial charge in [0.15, 0.2) is 11.0 Å². The fourth-order valence-corrected chi connectivity index (χ4v) is 3.82. The number of carbonyl (C=O) groups excluding carboxylic acids is 2. The van der Waals surface area contributed by atoms with E-state index in [0.29, 0.717) is 15.9 Å². The molecule has 3 amide bonds. The Hall–Kier alpha value is -3.21. The quantitative estimate of drug-likeness (QED) is 0.540. The van der Waals surface area contributed by atoms with Crippen molar-refractivity contribution < 1.29 is 27.2 Å². The van der Waals surface area contributed by atoms with Gasteiger partial charge in [-0.05, 0) is 48.9 Å². The minimum absolute atomic E-state index is 0.0757. The molecule has 1 unspecified atom stereocenters. The summed E-state index contributed by atoms with van der Waals surface area (Å²) in [6.45, 7) is 1.61. The maximum atomic E-state index is 13.5. The zero-order valence-corrected chi connectivity index (χ0v) is 17.3. The van der Waals surface area contributed by atoms with Crippen LogP contribution in [0.1, 0.15) is 18.4 Å². The molecule has 0 bridgehead atoms.